The van der Waals surface area contributed by atoms with Crippen LogP contribution in [-0.4, -0.2) is 88.8 Å². The number of carbonyl (C=O) groups is 1. The molecular formula is C58H58N5O9P. The Bertz CT molecular complexity index is 3380. The van der Waals surface area contributed by atoms with Crippen LogP contribution in [0.25, 0.3) is 32.3 Å². The number of hydrogen-bond acceptors (Lipinski definition) is 11. The second kappa shape index (κ2) is 20.2. The number of nitrogens with zero attached hydrogens (tertiary/aromatic N) is 4. The third kappa shape index (κ3) is 8.74. The van der Waals surface area contributed by atoms with Gasteiger partial charge in [-0.3, -0.25) is 19.1 Å². The van der Waals surface area contributed by atoms with Crippen molar-refractivity contribution in [2.24, 2.45) is 0 Å². The predicted molar refractivity (Wildman–Crippen MR) is 282 cm³/mol. The molecule has 14 nitrogen and oxygen atoms in total. The molecule has 1 aromatic heterocycles. The van der Waals surface area contributed by atoms with Gasteiger partial charge in [0.2, 0.25) is 0 Å². The van der Waals surface area contributed by atoms with Crippen LogP contribution in [-0.2, 0) is 24.1 Å². The summed E-state index contributed by atoms with van der Waals surface area (Å²) in [7, 11) is 1.26. The summed E-state index contributed by atoms with van der Waals surface area (Å²) in [6.07, 6.45) is -0.623. The van der Waals surface area contributed by atoms with Crippen molar-refractivity contribution < 1.29 is 32.8 Å². The number of benzene rings is 7. The van der Waals surface area contributed by atoms with Crippen molar-refractivity contribution in [1.82, 2.24) is 19.1 Å². The maximum absolute atomic E-state index is 16.0. The summed E-state index contributed by atoms with van der Waals surface area (Å²) in [5.41, 5.74) is -1.04. The van der Waals surface area contributed by atoms with Gasteiger partial charge in [0.05, 0.1) is 46.5 Å². The van der Waals surface area contributed by atoms with E-state index < -0.39 is 49.4 Å². The monoisotopic (exact) mass is 999 g/mol. The molecule has 2 aliphatic heterocycles. The molecule has 5 atom stereocenters. The van der Waals surface area contributed by atoms with Gasteiger partial charge in [0.15, 0.2) is 6.23 Å². The van der Waals surface area contributed by atoms with Crippen molar-refractivity contribution >= 4 is 46.8 Å². The number of aryl methyl sites for hydroxylation is 1. The van der Waals surface area contributed by atoms with Gasteiger partial charge in [-0.05, 0) is 114 Å². The van der Waals surface area contributed by atoms with Crippen LogP contribution in [0.15, 0.2) is 149 Å². The highest BCUT2D eigenvalue weighted by Gasteiger charge is 2.68. The van der Waals surface area contributed by atoms with E-state index in [1.165, 1.54) is 10.8 Å². The fourth-order valence-corrected chi connectivity index (χ4v) is 12.8. The molecule has 0 saturated carbocycles. The summed E-state index contributed by atoms with van der Waals surface area (Å²) >= 11 is 0. The van der Waals surface area contributed by atoms with E-state index in [1.54, 1.807) is 26.0 Å². The molecule has 3 heterocycles. The van der Waals surface area contributed by atoms with Crippen molar-refractivity contribution in [2.75, 3.05) is 34.0 Å². The van der Waals surface area contributed by atoms with Crippen LogP contribution in [0.4, 0.5) is 0 Å². The predicted octanol–water partition coefficient (Wildman–Crippen LogP) is 10.2. The van der Waals surface area contributed by atoms with Crippen LogP contribution in [0, 0.1) is 18.3 Å². The Labute approximate surface area is 424 Å². The van der Waals surface area contributed by atoms with Crippen LogP contribution in [0.3, 0.4) is 0 Å². The Morgan fingerprint density at radius 1 is 0.808 bits per heavy atom. The van der Waals surface area contributed by atoms with Crippen LogP contribution >= 0.6 is 8.53 Å². The zero-order valence-electron chi connectivity index (χ0n) is 41.9. The number of aromatic nitrogens is 2. The van der Waals surface area contributed by atoms with Crippen molar-refractivity contribution in [2.45, 2.75) is 82.7 Å². The van der Waals surface area contributed by atoms with E-state index in [0.717, 1.165) is 49.0 Å². The van der Waals surface area contributed by atoms with Crippen molar-refractivity contribution in [1.29, 1.82) is 5.26 Å². The van der Waals surface area contributed by atoms with Gasteiger partial charge in [0.1, 0.15) is 34.8 Å². The Morgan fingerprint density at radius 3 is 2.00 bits per heavy atom. The highest BCUT2D eigenvalue weighted by molar-refractivity contribution is 7.44. The van der Waals surface area contributed by atoms with Crippen LogP contribution < -0.4 is 20.7 Å². The number of morpholine rings is 1. The fraction of sp³-hybridized carbons (Fsp3) is 0.310. The first-order chi connectivity index (χ1) is 35.3. The van der Waals surface area contributed by atoms with E-state index in [0.29, 0.717) is 17.1 Å². The third-order valence-electron chi connectivity index (χ3n) is 14.3. The molecular weight excluding hydrogens is 942 g/mol. The Hall–Kier alpha value is -6.95. The minimum Gasteiger partial charge on any atom is -0.497 e. The largest absolute Gasteiger partial charge is 0.497 e. The minimum atomic E-state index is -1.97. The van der Waals surface area contributed by atoms with Gasteiger partial charge >= 0.3 is 5.69 Å². The lowest BCUT2D eigenvalue weighted by atomic mass is 9.79. The third-order valence-corrected chi connectivity index (χ3v) is 16.4. The molecule has 15 heteroatoms. The molecule has 1 N–H and O–H groups in total. The van der Waals surface area contributed by atoms with E-state index in [1.807, 2.05) is 109 Å². The molecule has 1 unspecified atom stereocenters. The molecule has 374 valence electrons. The zero-order valence-corrected chi connectivity index (χ0v) is 42.8. The Morgan fingerprint density at radius 2 is 1.40 bits per heavy atom. The van der Waals surface area contributed by atoms with Crippen molar-refractivity contribution in [3.05, 3.63) is 188 Å². The number of aromatic amines is 1. The van der Waals surface area contributed by atoms with E-state index >= 15 is 4.79 Å². The average molecular weight is 1000 g/mol. The van der Waals surface area contributed by atoms with Gasteiger partial charge in [-0.2, -0.15) is 5.26 Å². The summed E-state index contributed by atoms with van der Waals surface area (Å²) in [5.74, 6) is 1.00. The summed E-state index contributed by atoms with van der Waals surface area (Å²) < 4.78 is 43.9. The van der Waals surface area contributed by atoms with Gasteiger partial charge in [0.25, 0.3) is 20.0 Å². The summed E-state index contributed by atoms with van der Waals surface area (Å²) in [6.45, 7) is 9.69. The highest BCUT2D eigenvalue weighted by atomic mass is 31.2. The normalized spacial score (nSPS) is 19.2. The maximum Gasteiger partial charge on any atom is 0.330 e. The van der Waals surface area contributed by atoms with E-state index in [4.69, 9.17) is 28.0 Å². The molecule has 0 aliphatic carbocycles. The SMILES string of the molecule is COc1ccc(C(OC[C@@]23CN(C(=O)c4ccc5ccc6cccc7ccc4c5c67)[C@@H]([C@H](n4cc(C)c(=O)[nH]c4=O)O2)[C@@H]3OP(OCCC#N)N(C(C)C)C(C)C)(c2ccccc2)c2ccc(OC)cc2)cc1. The van der Waals surface area contributed by atoms with Crippen molar-refractivity contribution in [3.63, 3.8) is 0 Å². The zero-order chi connectivity index (χ0) is 51.2. The maximum atomic E-state index is 16.0. The molecule has 2 aliphatic rings. The molecule has 10 rings (SSSR count). The fourth-order valence-electron chi connectivity index (χ4n) is 11.0. The van der Waals surface area contributed by atoms with Gasteiger partial charge in [0, 0.05) is 29.4 Å². The highest BCUT2D eigenvalue weighted by Crippen LogP contribution is 2.57. The lowest BCUT2D eigenvalue weighted by Gasteiger charge is -2.42. The first-order valence-corrected chi connectivity index (χ1v) is 25.7. The van der Waals surface area contributed by atoms with Crippen LogP contribution in [0.2, 0.25) is 0 Å². The number of nitrogens with one attached hydrogen (secondary N) is 1. The number of amides is 1. The molecule has 2 saturated heterocycles. The lowest BCUT2D eigenvalue weighted by Crippen LogP contribution is -2.53. The van der Waals surface area contributed by atoms with E-state index in [-0.39, 0.29) is 49.7 Å². The number of methoxy groups -OCH3 is 2. The molecule has 73 heavy (non-hydrogen) atoms. The Balaban J connectivity index is 1.20. The minimum absolute atomic E-state index is 0.0302. The van der Waals surface area contributed by atoms with Crippen LogP contribution in [0.5, 0.6) is 11.5 Å². The van der Waals surface area contributed by atoms with E-state index in [9.17, 15) is 14.9 Å². The second-order valence-corrected chi connectivity index (χ2v) is 20.7. The van der Waals surface area contributed by atoms with Crippen molar-refractivity contribution in [3.8, 4) is 17.6 Å². The standard InChI is InChI=1S/C58H58N5O9P/c1-36(2)63(37(3)4)73(70-32-12-31-59)72-52-51-55(61-33-38(5)53(64)60-56(61)66)71-57(52,34-62(51)54(65)48-30-20-41-18-17-39-13-11-14-40-19-29-47(48)50(41)49(39)40)35-69-58(42-15-9-8-10-16-42,43-21-25-45(67-6)26-22-43)44-23-27-46(68-7)28-24-44/h8-11,13-30,33,36-37,51-52,55H,12,32,34-35H2,1-7H3,(H,60,64,66)/t51-,52+,55-,57-,73?/m1/s1. The number of likely N-dealkylation sites (tertiary alicyclic amines) is 1. The van der Waals surface area contributed by atoms with Crippen LogP contribution in [0.1, 0.15) is 73.0 Å². The smallest absolute Gasteiger partial charge is 0.330 e. The lowest BCUT2D eigenvalue weighted by molar-refractivity contribution is -0.173. The number of nitriles is 1. The number of H-pyrrole nitrogens is 1. The first kappa shape index (κ1) is 49.6. The first-order valence-electron chi connectivity index (χ1n) is 24.5. The average Bonchev–Trinajstić information content (AvgIpc) is 3.89. The molecule has 0 radical (unpaired) electrons. The second-order valence-electron chi connectivity index (χ2n) is 19.3. The molecule has 2 bridgehead atoms. The molecule has 8 aromatic rings. The number of rotatable bonds is 18. The number of carbonyl (C=O) groups excluding carboxylic acids is 1. The molecule has 1 amide bonds. The van der Waals surface area contributed by atoms with Gasteiger partial charge in [-0.25, -0.2) is 9.46 Å². The quantitative estimate of drug-likeness (QED) is 0.0378. The number of hydrogen-bond donors (Lipinski definition) is 1. The summed E-state index contributed by atoms with van der Waals surface area (Å²) in [6, 6.07) is 44.6. The van der Waals surface area contributed by atoms with Gasteiger partial charge in [-0.15, -0.1) is 0 Å². The number of fused-ring (bicyclic) bond motifs is 2. The summed E-state index contributed by atoms with van der Waals surface area (Å²) in [5, 5.41) is 15.7. The van der Waals surface area contributed by atoms with Gasteiger partial charge < -0.3 is 32.9 Å². The molecule has 0 spiro atoms. The number of ether oxygens (including phenoxy) is 4. The molecule has 7 aromatic carbocycles. The Kier molecular flexibility index (Phi) is 13.7. The van der Waals surface area contributed by atoms with Gasteiger partial charge in [-0.1, -0.05) is 103 Å². The summed E-state index contributed by atoms with van der Waals surface area (Å²) in [4.78, 5) is 47.5. The molecule has 2 fully saturated rings. The topological polar surface area (TPSA) is 158 Å². The van der Waals surface area contributed by atoms with E-state index in [2.05, 4.69) is 67.7 Å².